The minimum Gasteiger partial charge on any atom is -0.467 e. The number of amides is 2. The average Bonchev–Trinajstić information content (AvgIpc) is 2.68. The van der Waals surface area contributed by atoms with E-state index in [2.05, 4.69) is 10.6 Å². The molecule has 1 aromatic rings. The van der Waals surface area contributed by atoms with Crippen molar-refractivity contribution in [1.29, 1.82) is 5.26 Å². The summed E-state index contributed by atoms with van der Waals surface area (Å²) in [4.78, 5) is 35.9. The number of rotatable bonds is 11. The van der Waals surface area contributed by atoms with Crippen LogP contribution in [0.2, 0.25) is 0 Å². The van der Waals surface area contributed by atoms with Crippen LogP contribution in [0.25, 0.3) is 0 Å². The number of unbranched alkanes of at least 4 members (excludes halogenated alkanes) is 2. The smallest absolute Gasteiger partial charge is 0.328 e. The molecular formula is C20H27N3O4. The molecule has 0 spiro atoms. The van der Waals surface area contributed by atoms with Crippen molar-refractivity contribution in [2.24, 2.45) is 0 Å². The summed E-state index contributed by atoms with van der Waals surface area (Å²) in [5, 5.41) is 14.0. The molecule has 0 aromatic heterocycles. The largest absolute Gasteiger partial charge is 0.467 e. The molecule has 146 valence electrons. The molecule has 0 saturated carbocycles. The van der Waals surface area contributed by atoms with Gasteiger partial charge in [-0.3, -0.25) is 9.59 Å². The molecule has 1 rings (SSSR count). The molecule has 7 heteroatoms. The Kier molecular flexibility index (Phi) is 10.2. The molecule has 0 saturated heterocycles. The van der Waals surface area contributed by atoms with Crippen LogP contribution in [0.15, 0.2) is 30.3 Å². The summed E-state index contributed by atoms with van der Waals surface area (Å²) in [7, 11) is 1.26. The van der Waals surface area contributed by atoms with E-state index < -0.39 is 12.0 Å². The Morgan fingerprint density at radius 2 is 1.70 bits per heavy atom. The lowest BCUT2D eigenvalue weighted by atomic mass is 10.1. The van der Waals surface area contributed by atoms with Crippen molar-refractivity contribution in [2.45, 2.75) is 57.5 Å². The van der Waals surface area contributed by atoms with Crippen LogP contribution in [0.5, 0.6) is 0 Å². The highest BCUT2D eigenvalue weighted by molar-refractivity contribution is 5.87. The molecule has 7 nitrogen and oxygen atoms in total. The minimum atomic E-state index is -0.757. The Balaban J connectivity index is 2.40. The van der Waals surface area contributed by atoms with Gasteiger partial charge in [0.15, 0.2) is 0 Å². The van der Waals surface area contributed by atoms with Gasteiger partial charge in [0.1, 0.15) is 6.04 Å². The Bertz CT molecular complexity index is 655. The van der Waals surface area contributed by atoms with E-state index in [9.17, 15) is 14.4 Å². The van der Waals surface area contributed by atoms with Crippen LogP contribution >= 0.6 is 0 Å². The lowest BCUT2D eigenvalue weighted by molar-refractivity contribution is -0.145. The number of carbonyl (C=O) groups is 3. The fourth-order valence-corrected chi connectivity index (χ4v) is 2.58. The van der Waals surface area contributed by atoms with Crippen molar-refractivity contribution in [1.82, 2.24) is 10.6 Å². The molecule has 1 aromatic carbocycles. The van der Waals surface area contributed by atoms with E-state index in [4.69, 9.17) is 10.00 Å². The molecule has 27 heavy (non-hydrogen) atoms. The minimum absolute atomic E-state index is 0.0148. The fraction of sp³-hybridized carbons (Fsp3) is 0.500. The van der Waals surface area contributed by atoms with Crippen LogP contribution in [0, 0.1) is 11.3 Å². The highest BCUT2D eigenvalue weighted by Crippen LogP contribution is 2.11. The van der Waals surface area contributed by atoms with Gasteiger partial charge >= 0.3 is 5.97 Å². The van der Waals surface area contributed by atoms with Gasteiger partial charge in [0, 0.05) is 19.3 Å². The van der Waals surface area contributed by atoms with E-state index >= 15 is 0 Å². The molecule has 2 amide bonds. The van der Waals surface area contributed by atoms with Gasteiger partial charge in [-0.25, -0.2) is 4.79 Å². The molecule has 0 aliphatic carbocycles. The number of nitrogens with one attached hydrogen (secondary N) is 2. The molecule has 0 aliphatic heterocycles. The van der Waals surface area contributed by atoms with Gasteiger partial charge in [-0.05, 0) is 31.7 Å². The average molecular weight is 373 g/mol. The van der Waals surface area contributed by atoms with Gasteiger partial charge in [0.25, 0.3) is 0 Å². The third kappa shape index (κ3) is 8.86. The third-order valence-corrected chi connectivity index (χ3v) is 4.11. The maximum atomic E-state index is 12.1. The first-order chi connectivity index (χ1) is 13.0. The van der Waals surface area contributed by atoms with E-state index in [1.807, 2.05) is 43.3 Å². The SMILES string of the molecule is COC(=O)[C@H](CCCCC#N)NC(=O)CCC(=O)N[C@H](C)c1ccccc1. The van der Waals surface area contributed by atoms with Crippen molar-refractivity contribution in [3.63, 3.8) is 0 Å². The summed E-state index contributed by atoms with van der Waals surface area (Å²) in [6.45, 7) is 1.88. The van der Waals surface area contributed by atoms with Crippen LogP contribution in [0.3, 0.4) is 0 Å². The quantitative estimate of drug-likeness (QED) is 0.457. The van der Waals surface area contributed by atoms with Gasteiger partial charge in [-0.2, -0.15) is 5.26 Å². The number of ether oxygens (including phenoxy) is 1. The molecule has 0 radical (unpaired) electrons. The van der Waals surface area contributed by atoms with Gasteiger partial charge in [0.05, 0.1) is 19.2 Å². The highest BCUT2D eigenvalue weighted by atomic mass is 16.5. The maximum absolute atomic E-state index is 12.1. The first kappa shape index (κ1) is 22.2. The molecule has 2 N–H and O–H groups in total. The summed E-state index contributed by atoms with van der Waals surface area (Å²) in [6.07, 6.45) is 2.10. The topological polar surface area (TPSA) is 108 Å². The standard InChI is InChI=1S/C20H27N3O4/c1-15(16-9-5-3-6-10-16)22-18(24)12-13-19(25)23-17(20(26)27-2)11-7-4-8-14-21/h3,5-6,9-10,15,17H,4,7-8,11-13H2,1-2H3,(H,22,24)(H,23,25)/t15-,17+/m1/s1. The van der Waals surface area contributed by atoms with E-state index in [-0.39, 0.29) is 30.7 Å². The summed E-state index contributed by atoms with van der Waals surface area (Å²) < 4.78 is 4.70. The first-order valence-corrected chi connectivity index (χ1v) is 9.06. The van der Waals surface area contributed by atoms with Crippen LogP contribution in [0.1, 0.15) is 57.1 Å². The Morgan fingerprint density at radius 3 is 2.30 bits per heavy atom. The molecule has 0 aliphatic rings. The number of nitrogens with zero attached hydrogens (tertiary/aromatic N) is 1. The van der Waals surface area contributed by atoms with Crippen LogP contribution in [-0.2, 0) is 19.1 Å². The van der Waals surface area contributed by atoms with Crippen molar-refractivity contribution < 1.29 is 19.1 Å². The van der Waals surface area contributed by atoms with E-state index in [0.717, 1.165) is 5.56 Å². The zero-order chi connectivity index (χ0) is 20.1. The summed E-state index contributed by atoms with van der Waals surface area (Å²) in [5.41, 5.74) is 0.985. The molecule has 2 atom stereocenters. The number of benzene rings is 1. The summed E-state index contributed by atoms with van der Waals surface area (Å²) >= 11 is 0. The maximum Gasteiger partial charge on any atom is 0.328 e. The van der Waals surface area contributed by atoms with Crippen LogP contribution < -0.4 is 10.6 Å². The number of methoxy groups -OCH3 is 1. The Hall–Kier alpha value is -2.88. The van der Waals surface area contributed by atoms with Crippen LogP contribution in [-0.4, -0.2) is 30.9 Å². The first-order valence-electron chi connectivity index (χ1n) is 9.06. The molecular weight excluding hydrogens is 346 g/mol. The van der Waals surface area contributed by atoms with E-state index in [0.29, 0.717) is 25.7 Å². The summed E-state index contributed by atoms with van der Waals surface area (Å²) in [6, 6.07) is 10.7. The van der Waals surface area contributed by atoms with Gasteiger partial charge in [-0.1, -0.05) is 30.3 Å². The molecule has 0 unspecified atom stereocenters. The van der Waals surface area contributed by atoms with Gasteiger partial charge in [-0.15, -0.1) is 0 Å². The van der Waals surface area contributed by atoms with Crippen molar-refractivity contribution in [3.8, 4) is 6.07 Å². The second-order valence-electron chi connectivity index (χ2n) is 6.25. The zero-order valence-electron chi connectivity index (χ0n) is 15.9. The predicted molar refractivity (Wildman–Crippen MR) is 100 cm³/mol. The number of hydrogen-bond acceptors (Lipinski definition) is 5. The number of carbonyl (C=O) groups excluding carboxylic acids is 3. The second kappa shape index (κ2) is 12.5. The second-order valence-corrected chi connectivity index (χ2v) is 6.25. The monoisotopic (exact) mass is 373 g/mol. The van der Waals surface area contributed by atoms with Gasteiger partial charge < -0.3 is 15.4 Å². The summed E-state index contributed by atoms with van der Waals surface area (Å²) in [5.74, 6) is -1.14. The van der Waals surface area contributed by atoms with Crippen molar-refractivity contribution in [3.05, 3.63) is 35.9 Å². The van der Waals surface area contributed by atoms with E-state index in [1.165, 1.54) is 7.11 Å². The molecule has 0 heterocycles. The molecule has 0 fully saturated rings. The Labute approximate surface area is 160 Å². The predicted octanol–water partition coefficient (Wildman–Crippen LogP) is 2.39. The van der Waals surface area contributed by atoms with Crippen molar-refractivity contribution in [2.75, 3.05) is 7.11 Å². The van der Waals surface area contributed by atoms with Crippen molar-refractivity contribution >= 4 is 17.8 Å². The normalized spacial score (nSPS) is 12.3. The van der Waals surface area contributed by atoms with Gasteiger partial charge in [0.2, 0.25) is 11.8 Å². The fourth-order valence-electron chi connectivity index (χ4n) is 2.58. The van der Waals surface area contributed by atoms with Crippen LogP contribution in [0.4, 0.5) is 0 Å². The zero-order valence-corrected chi connectivity index (χ0v) is 15.9. The molecule has 0 bridgehead atoms. The number of hydrogen-bond donors (Lipinski definition) is 2. The number of nitriles is 1. The highest BCUT2D eigenvalue weighted by Gasteiger charge is 2.21. The lowest BCUT2D eigenvalue weighted by Crippen LogP contribution is -2.41. The number of esters is 1. The van der Waals surface area contributed by atoms with E-state index in [1.54, 1.807) is 0 Å². The third-order valence-electron chi connectivity index (χ3n) is 4.11. The Morgan fingerprint density at radius 1 is 1.07 bits per heavy atom. The lowest BCUT2D eigenvalue weighted by Gasteiger charge is -2.17.